The molecule has 0 spiro atoms. The third-order valence-electron chi connectivity index (χ3n) is 5.34. The monoisotopic (exact) mass is 458 g/mol. The first-order valence-corrected chi connectivity index (χ1v) is 11.0. The first kappa shape index (κ1) is 22.9. The van der Waals surface area contributed by atoms with Gasteiger partial charge in [-0.25, -0.2) is 9.31 Å². The maximum atomic E-state index is 12.2. The lowest BCUT2D eigenvalue weighted by molar-refractivity contribution is 0.190. The summed E-state index contributed by atoms with van der Waals surface area (Å²) in [6.07, 6.45) is 9.05. The number of fused-ring (bicyclic) bond motifs is 1. The van der Waals surface area contributed by atoms with Gasteiger partial charge in [0.2, 0.25) is 0 Å². The lowest BCUT2D eigenvalue weighted by Gasteiger charge is -2.19. The number of para-hydroxylation sites is 1. The van der Waals surface area contributed by atoms with E-state index < -0.39 is 12.1 Å². The van der Waals surface area contributed by atoms with Crippen molar-refractivity contribution in [1.82, 2.24) is 14.9 Å². The fourth-order valence-electron chi connectivity index (χ4n) is 3.63. The zero-order chi connectivity index (χ0) is 24.1. The number of aliphatic hydroxyl groups is 1. The second-order valence-corrected chi connectivity index (χ2v) is 8.04. The lowest BCUT2D eigenvalue weighted by atomic mass is 10.1. The van der Waals surface area contributed by atoms with Crippen LogP contribution in [0, 0.1) is 18.3 Å². The Hall–Kier alpha value is -4.29. The molecule has 1 aliphatic rings. The third-order valence-corrected chi connectivity index (χ3v) is 5.34. The van der Waals surface area contributed by atoms with E-state index in [4.69, 9.17) is 4.74 Å². The number of nitrogens with one attached hydrogen (secondary N) is 3. The van der Waals surface area contributed by atoms with E-state index in [2.05, 4.69) is 27.1 Å². The van der Waals surface area contributed by atoms with Crippen LogP contribution in [0.2, 0.25) is 0 Å². The van der Waals surface area contributed by atoms with Gasteiger partial charge in [0.05, 0.1) is 41.0 Å². The lowest BCUT2D eigenvalue weighted by Crippen LogP contribution is -2.34. The van der Waals surface area contributed by atoms with E-state index in [1.54, 1.807) is 17.6 Å². The molecule has 2 atom stereocenters. The minimum Gasteiger partial charge on any atom is -0.486 e. The van der Waals surface area contributed by atoms with Gasteiger partial charge in [0.25, 0.3) is 0 Å². The highest BCUT2D eigenvalue weighted by Crippen LogP contribution is 2.31. The number of nitrogens with zero attached hydrogens (tertiary/aromatic N) is 3. The first-order valence-electron chi connectivity index (χ1n) is 11.0. The Morgan fingerprint density at radius 3 is 2.85 bits per heavy atom. The molecule has 0 fully saturated rings. The molecule has 9 nitrogen and oxygen atoms in total. The quantitative estimate of drug-likeness (QED) is 0.428. The summed E-state index contributed by atoms with van der Waals surface area (Å²) in [6.45, 7) is 3.58. The molecule has 1 aromatic carbocycles. The number of anilines is 2. The van der Waals surface area contributed by atoms with Crippen LogP contribution < -0.4 is 20.7 Å². The molecular formula is C25H26N6O3. The number of rotatable bonds is 7. The summed E-state index contributed by atoms with van der Waals surface area (Å²) in [5, 5.41) is 32.1. The number of carbonyl (C=O) groups is 1. The van der Waals surface area contributed by atoms with Crippen LogP contribution in [0.1, 0.15) is 24.5 Å². The molecule has 0 aliphatic heterocycles. The summed E-state index contributed by atoms with van der Waals surface area (Å²) in [5.74, 6) is 0.811. The molecule has 4 rings (SSSR count). The summed E-state index contributed by atoms with van der Waals surface area (Å²) in [7, 11) is 0. The molecule has 2 aromatic heterocycles. The highest BCUT2D eigenvalue weighted by atomic mass is 16.5. The largest absolute Gasteiger partial charge is 0.486 e. The molecule has 2 amide bonds. The SMILES string of the molecule is Cc1c(NC(=O)NCC(C)O)cn2ncc(C#N)c(NC3=CCC(Oc4ccccc4)C=C3)c12. The van der Waals surface area contributed by atoms with E-state index in [0.717, 1.165) is 17.0 Å². The summed E-state index contributed by atoms with van der Waals surface area (Å²) < 4.78 is 7.60. The summed E-state index contributed by atoms with van der Waals surface area (Å²) in [5.41, 5.74) is 3.81. The number of amides is 2. The molecule has 2 heterocycles. The van der Waals surface area contributed by atoms with Crippen LogP contribution in [-0.2, 0) is 0 Å². The van der Waals surface area contributed by atoms with Gasteiger partial charge < -0.3 is 25.8 Å². The maximum Gasteiger partial charge on any atom is 0.319 e. The van der Waals surface area contributed by atoms with Crippen molar-refractivity contribution in [2.45, 2.75) is 32.5 Å². The molecule has 0 radical (unpaired) electrons. The number of aryl methyl sites for hydroxylation is 1. The average Bonchev–Trinajstić information content (AvgIpc) is 3.15. The van der Waals surface area contributed by atoms with Crippen LogP contribution >= 0.6 is 0 Å². The van der Waals surface area contributed by atoms with Crippen LogP contribution in [0.5, 0.6) is 5.75 Å². The van der Waals surface area contributed by atoms with Crippen molar-refractivity contribution in [3.05, 3.63) is 77.8 Å². The van der Waals surface area contributed by atoms with E-state index >= 15 is 0 Å². The number of urea groups is 1. The second-order valence-electron chi connectivity index (χ2n) is 8.04. The topological polar surface area (TPSA) is 124 Å². The van der Waals surface area contributed by atoms with Gasteiger partial charge in [-0.1, -0.05) is 24.3 Å². The number of allylic oxidation sites excluding steroid dienone is 1. The van der Waals surface area contributed by atoms with Crippen LogP contribution in [0.25, 0.3) is 5.52 Å². The summed E-state index contributed by atoms with van der Waals surface area (Å²) in [6, 6.07) is 11.4. The van der Waals surface area contributed by atoms with Gasteiger partial charge in [-0.3, -0.25) is 0 Å². The van der Waals surface area contributed by atoms with Gasteiger partial charge in [-0.05, 0) is 38.1 Å². The maximum absolute atomic E-state index is 12.2. The fourth-order valence-corrected chi connectivity index (χ4v) is 3.63. The van der Waals surface area contributed by atoms with Crippen LogP contribution in [-0.4, -0.2) is 39.5 Å². The molecule has 0 saturated heterocycles. The average molecular weight is 459 g/mol. The van der Waals surface area contributed by atoms with Crippen molar-refractivity contribution in [1.29, 1.82) is 5.26 Å². The number of benzene rings is 1. The van der Waals surface area contributed by atoms with Crippen molar-refractivity contribution in [2.75, 3.05) is 17.2 Å². The highest BCUT2D eigenvalue weighted by molar-refractivity contribution is 5.94. The number of hydrogen-bond donors (Lipinski definition) is 4. The summed E-state index contributed by atoms with van der Waals surface area (Å²) >= 11 is 0. The number of nitriles is 1. The number of aliphatic hydroxyl groups excluding tert-OH is 1. The number of hydrogen-bond acceptors (Lipinski definition) is 6. The van der Waals surface area contributed by atoms with Crippen molar-refractivity contribution >= 4 is 22.9 Å². The van der Waals surface area contributed by atoms with E-state index in [0.29, 0.717) is 28.9 Å². The summed E-state index contributed by atoms with van der Waals surface area (Å²) in [4.78, 5) is 12.2. The molecule has 34 heavy (non-hydrogen) atoms. The van der Waals surface area contributed by atoms with Crippen LogP contribution in [0.4, 0.5) is 16.2 Å². The Labute approximate surface area is 197 Å². The second kappa shape index (κ2) is 10.1. The van der Waals surface area contributed by atoms with E-state index in [1.165, 1.54) is 6.20 Å². The molecule has 0 bridgehead atoms. The Morgan fingerprint density at radius 1 is 1.38 bits per heavy atom. The smallest absolute Gasteiger partial charge is 0.319 e. The molecule has 9 heteroatoms. The number of carbonyl (C=O) groups excluding carboxylic acids is 1. The minimum atomic E-state index is -0.648. The normalized spacial score (nSPS) is 15.8. The predicted octanol–water partition coefficient (Wildman–Crippen LogP) is 3.72. The van der Waals surface area contributed by atoms with Crippen LogP contribution in [0.15, 0.2) is 66.7 Å². The van der Waals surface area contributed by atoms with Crippen molar-refractivity contribution < 1.29 is 14.6 Å². The Bertz CT molecular complexity index is 1290. The van der Waals surface area contributed by atoms with E-state index in [9.17, 15) is 15.2 Å². The minimum absolute atomic E-state index is 0.0770. The molecule has 1 aliphatic carbocycles. The van der Waals surface area contributed by atoms with E-state index in [1.807, 2.05) is 55.5 Å². The highest BCUT2D eigenvalue weighted by Gasteiger charge is 2.18. The molecule has 3 aromatic rings. The third kappa shape index (κ3) is 5.19. The Morgan fingerprint density at radius 2 is 2.18 bits per heavy atom. The number of aromatic nitrogens is 2. The molecule has 174 valence electrons. The Balaban J connectivity index is 1.54. The van der Waals surface area contributed by atoms with Crippen LogP contribution in [0.3, 0.4) is 0 Å². The fraction of sp³-hybridized carbons (Fsp3) is 0.240. The predicted molar refractivity (Wildman–Crippen MR) is 130 cm³/mol. The van der Waals surface area contributed by atoms with Gasteiger partial charge >= 0.3 is 6.03 Å². The first-order chi connectivity index (χ1) is 16.4. The van der Waals surface area contributed by atoms with Gasteiger partial charge in [-0.2, -0.15) is 10.4 Å². The van der Waals surface area contributed by atoms with Gasteiger partial charge in [0.1, 0.15) is 17.9 Å². The zero-order valence-electron chi connectivity index (χ0n) is 18.9. The standard InChI is InChI=1S/C25H26N6O3/c1-16(32)13-27-25(33)30-22-15-31-24(17(22)2)23(18(12-26)14-28-31)29-19-8-10-21(11-9-19)34-20-6-4-3-5-7-20/h3-10,14-16,21,29,32H,11,13H2,1-2H3,(H2,27,30,33). The van der Waals surface area contributed by atoms with Crippen molar-refractivity contribution in [3.8, 4) is 11.8 Å². The van der Waals surface area contributed by atoms with Gasteiger partial charge in [0, 0.05) is 24.2 Å². The van der Waals surface area contributed by atoms with E-state index in [-0.39, 0.29) is 12.6 Å². The van der Waals surface area contributed by atoms with Crippen molar-refractivity contribution in [3.63, 3.8) is 0 Å². The molecule has 4 N–H and O–H groups in total. The van der Waals surface area contributed by atoms with Gasteiger partial charge in [-0.15, -0.1) is 0 Å². The Kier molecular flexibility index (Phi) is 6.80. The number of ether oxygens (including phenoxy) is 1. The molecule has 0 saturated carbocycles. The van der Waals surface area contributed by atoms with Crippen molar-refractivity contribution in [2.24, 2.45) is 0 Å². The van der Waals surface area contributed by atoms with Gasteiger partial charge in [0.15, 0.2) is 0 Å². The molecule has 2 unspecified atom stereocenters. The zero-order valence-corrected chi connectivity index (χ0v) is 18.9. The molecular weight excluding hydrogens is 432 g/mol.